The van der Waals surface area contributed by atoms with Crippen LogP contribution in [0.4, 0.5) is 11.4 Å². The molecule has 0 atom stereocenters. The number of hydrogen-bond donors (Lipinski definition) is 0. The van der Waals surface area contributed by atoms with Crippen molar-refractivity contribution < 1.29 is 0 Å². The van der Waals surface area contributed by atoms with Crippen molar-refractivity contribution in [2.45, 2.75) is 32.6 Å². The van der Waals surface area contributed by atoms with Crippen LogP contribution in [0.1, 0.15) is 30.9 Å². The molecule has 0 fully saturated rings. The molecule has 0 bridgehead atoms. The van der Waals surface area contributed by atoms with Gasteiger partial charge in [0, 0.05) is 38.1 Å². The van der Waals surface area contributed by atoms with E-state index in [-0.39, 0.29) is 12.4 Å². The summed E-state index contributed by atoms with van der Waals surface area (Å²) < 4.78 is 0. The average molecular weight is 267 g/mol. The summed E-state index contributed by atoms with van der Waals surface area (Å²) in [6, 6.07) is 4.83. The highest BCUT2D eigenvalue weighted by Gasteiger charge is 2.24. The summed E-state index contributed by atoms with van der Waals surface area (Å²) >= 11 is 0. The molecule has 0 amide bonds. The Bertz CT molecular complexity index is 399. The fourth-order valence-corrected chi connectivity index (χ4v) is 3.19. The summed E-state index contributed by atoms with van der Waals surface area (Å²) in [5.74, 6) is 0. The number of halogens is 1. The van der Waals surface area contributed by atoms with Crippen LogP contribution in [0.25, 0.3) is 0 Å². The van der Waals surface area contributed by atoms with Crippen molar-refractivity contribution in [2.24, 2.45) is 0 Å². The zero-order valence-corrected chi connectivity index (χ0v) is 12.2. The SMILES string of the molecule is CCN(C)c1cc2c3c(c1)CCCN3CCC2.Cl. The Balaban J connectivity index is 0.00000120. The van der Waals surface area contributed by atoms with E-state index in [2.05, 4.69) is 35.9 Å². The molecule has 1 aromatic carbocycles. The minimum absolute atomic E-state index is 0. The van der Waals surface area contributed by atoms with E-state index in [9.17, 15) is 0 Å². The highest BCUT2D eigenvalue weighted by molar-refractivity contribution is 5.85. The Morgan fingerprint density at radius 2 is 1.67 bits per heavy atom. The number of rotatable bonds is 2. The van der Waals surface area contributed by atoms with Crippen LogP contribution < -0.4 is 9.80 Å². The second kappa shape index (κ2) is 5.40. The Morgan fingerprint density at radius 3 is 2.17 bits per heavy atom. The topological polar surface area (TPSA) is 6.48 Å². The van der Waals surface area contributed by atoms with E-state index >= 15 is 0 Å². The predicted molar refractivity (Wildman–Crippen MR) is 81.5 cm³/mol. The lowest BCUT2D eigenvalue weighted by atomic mass is 9.91. The van der Waals surface area contributed by atoms with Crippen molar-refractivity contribution in [3.05, 3.63) is 23.3 Å². The van der Waals surface area contributed by atoms with Gasteiger partial charge in [0.2, 0.25) is 0 Å². The van der Waals surface area contributed by atoms with Crippen LogP contribution in [0, 0.1) is 0 Å². The zero-order valence-electron chi connectivity index (χ0n) is 11.4. The predicted octanol–water partition coefficient (Wildman–Crippen LogP) is 3.26. The molecule has 100 valence electrons. The van der Waals surface area contributed by atoms with Crippen LogP contribution >= 0.6 is 12.4 Å². The quantitative estimate of drug-likeness (QED) is 0.811. The molecule has 2 heterocycles. The van der Waals surface area contributed by atoms with Crippen molar-refractivity contribution in [1.82, 2.24) is 0 Å². The summed E-state index contributed by atoms with van der Waals surface area (Å²) in [5, 5.41) is 0. The fraction of sp³-hybridized carbons (Fsp3) is 0.600. The molecule has 2 aliphatic heterocycles. The van der Waals surface area contributed by atoms with Gasteiger partial charge in [0.1, 0.15) is 0 Å². The van der Waals surface area contributed by atoms with Crippen molar-refractivity contribution in [3.8, 4) is 0 Å². The standard InChI is InChI=1S/C15H22N2.ClH/c1-3-16(2)14-10-12-6-4-8-17-9-5-7-13(11-14)15(12)17;/h10-11H,3-9H2,1-2H3;1H. The molecule has 2 nitrogen and oxygen atoms in total. The Hall–Kier alpha value is -0.890. The summed E-state index contributed by atoms with van der Waals surface area (Å²) in [7, 11) is 2.19. The van der Waals surface area contributed by atoms with Gasteiger partial charge in [0.15, 0.2) is 0 Å². The molecule has 18 heavy (non-hydrogen) atoms. The number of nitrogens with zero attached hydrogens (tertiary/aromatic N) is 2. The molecule has 0 radical (unpaired) electrons. The highest BCUT2D eigenvalue weighted by atomic mass is 35.5. The van der Waals surface area contributed by atoms with E-state index in [4.69, 9.17) is 0 Å². The number of hydrogen-bond acceptors (Lipinski definition) is 2. The smallest absolute Gasteiger partial charge is 0.0432 e. The molecule has 0 unspecified atom stereocenters. The molecule has 1 aromatic rings. The molecule has 2 aliphatic rings. The van der Waals surface area contributed by atoms with Crippen LogP contribution in [0.15, 0.2) is 12.1 Å². The van der Waals surface area contributed by atoms with Gasteiger partial charge in [-0.05, 0) is 55.9 Å². The van der Waals surface area contributed by atoms with Crippen LogP contribution in [-0.2, 0) is 12.8 Å². The van der Waals surface area contributed by atoms with Crippen molar-refractivity contribution >= 4 is 23.8 Å². The van der Waals surface area contributed by atoms with Gasteiger partial charge in [-0.3, -0.25) is 0 Å². The third-order valence-electron chi connectivity index (χ3n) is 4.23. The van der Waals surface area contributed by atoms with Crippen molar-refractivity contribution in [1.29, 1.82) is 0 Å². The number of aryl methyl sites for hydroxylation is 2. The molecule has 0 N–H and O–H groups in total. The molecule has 0 aromatic heterocycles. The third-order valence-corrected chi connectivity index (χ3v) is 4.23. The van der Waals surface area contributed by atoms with Gasteiger partial charge < -0.3 is 9.80 Å². The van der Waals surface area contributed by atoms with E-state index in [0.717, 1.165) is 6.54 Å². The van der Waals surface area contributed by atoms with Gasteiger partial charge in [0.25, 0.3) is 0 Å². The van der Waals surface area contributed by atoms with Gasteiger partial charge in [-0.1, -0.05) is 0 Å². The van der Waals surface area contributed by atoms with Crippen LogP contribution in [-0.4, -0.2) is 26.7 Å². The van der Waals surface area contributed by atoms with Crippen LogP contribution in [0.3, 0.4) is 0 Å². The molecule has 0 aliphatic carbocycles. The average Bonchev–Trinajstić information content (AvgIpc) is 2.38. The summed E-state index contributed by atoms with van der Waals surface area (Å²) in [5.41, 5.74) is 6.16. The van der Waals surface area contributed by atoms with Gasteiger partial charge in [-0.15, -0.1) is 12.4 Å². The second-order valence-electron chi connectivity index (χ2n) is 5.32. The maximum Gasteiger partial charge on any atom is 0.0432 e. The Morgan fingerprint density at radius 1 is 1.11 bits per heavy atom. The Kier molecular flexibility index (Phi) is 4.06. The number of benzene rings is 1. The molecule has 3 rings (SSSR count). The molecular weight excluding hydrogens is 244 g/mol. The largest absolute Gasteiger partial charge is 0.375 e. The summed E-state index contributed by atoms with van der Waals surface area (Å²) in [6.07, 6.45) is 5.19. The van der Waals surface area contributed by atoms with Crippen molar-refractivity contribution in [3.63, 3.8) is 0 Å². The first-order valence-corrected chi connectivity index (χ1v) is 6.91. The maximum absolute atomic E-state index is 2.60. The minimum Gasteiger partial charge on any atom is -0.375 e. The van der Waals surface area contributed by atoms with E-state index in [1.165, 1.54) is 44.5 Å². The van der Waals surface area contributed by atoms with Crippen LogP contribution in [0.5, 0.6) is 0 Å². The molecule has 0 saturated heterocycles. The minimum atomic E-state index is 0. The monoisotopic (exact) mass is 266 g/mol. The lowest BCUT2D eigenvalue weighted by Gasteiger charge is -2.37. The zero-order chi connectivity index (χ0) is 11.8. The first-order valence-electron chi connectivity index (χ1n) is 6.91. The normalized spacial score (nSPS) is 16.9. The third kappa shape index (κ3) is 2.18. The van der Waals surface area contributed by atoms with Crippen molar-refractivity contribution in [2.75, 3.05) is 36.5 Å². The molecule has 0 saturated carbocycles. The maximum atomic E-state index is 2.60. The van der Waals surface area contributed by atoms with Gasteiger partial charge >= 0.3 is 0 Å². The first kappa shape index (κ1) is 13.5. The Labute approximate surface area is 116 Å². The van der Waals surface area contributed by atoms with Crippen LogP contribution in [0.2, 0.25) is 0 Å². The van der Waals surface area contributed by atoms with E-state index in [1.54, 1.807) is 16.8 Å². The second-order valence-corrected chi connectivity index (χ2v) is 5.32. The molecular formula is C15H23ClN2. The highest BCUT2D eigenvalue weighted by Crippen LogP contribution is 2.37. The number of anilines is 2. The van der Waals surface area contributed by atoms with Gasteiger partial charge in [-0.2, -0.15) is 0 Å². The first-order chi connectivity index (χ1) is 8.29. The molecule has 3 heteroatoms. The van der Waals surface area contributed by atoms with E-state index in [0.29, 0.717) is 0 Å². The summed E-state index contributed by atoms with van der Waals surface area (Å²) in [4.78, 5) is 4.96. The fourth-order valence-electron chi connectivity index (χ4n) is 3.19. The van der Waals surface area contributed by atoms with Gasteiger partial charge in [0.05, 0.1) is 0 Å². The van der Waals surface area contributed by atoms with E-state index in [1.807, 2.05) is 0 Å². The lowest BCUT2D eigenvalue weighted by molar-refractivity contribution is 0.634. The van der Waals surface area contributed by atoms with E-state index < -0.39 is 0 Å². The lowest BCUT2D eigenvalue weighted by Crippen LogP contribution is -2.34. The summed E-state index contributed by atoms with van der Waals surface area (Å²) in [6.45, 7) is 5.84. The van der Waals surface area contributed by atoms with Gasteiger partial charge in [-0.25, -0.2) is 0 Å². The molecule has 0 spiro atoms.